The summed E-state index contributed by atoms with van der Waals surface area (Å²) in [6, 6.07) is 5.14. The lowest BCUT2D eigenvalue weighted by atomic mass is 9.79. The molecule has 1 aromatic rings. The molecule has 0 saturated heterocycles. The van der Waals surface area contributed by atoms with Gasteiger partial charge in [0.25, 0.3) is 0 Å². The molecule has 0 radical (unpaired) electrons. The number of aliphatic hydroxyl groups excluding tert-OH is 1. The Morgan fingerprint density at radius 1 is 0.846 bits per heavy atom. The second-order valence-electron chi connectivity index (χ2n) is 8.25. The number of hydrogen-bond acceptors (Lipinski definition) is 5. The van der Waals surface area contributed by atoms with E-state index in [2.05, 4.69) is 0 Å². The maximum atomic E-state index is 12.5. The predicted octanol–water partition coefficient (Wildman–Crippen LogP) is 2.34. The molecule has 144 valence electrons. The first-order valence-electron chi connectivity index (χ1n) is 8.15. The van der Waals surface area contributed by atoms with Crippen molar-refractivity contribution < 1.29 is 34.4 Å². The van der Waals surface area contributed by atoms with Gasteiger partial charge < -0.3 is 20.1 Å². The minimum Gasteiger partial charge on any atom is -0.479 e. The molecule has 0 aromatic heterocycles. The molecule has 1 unspecified atom stereocenters. The fraction of sp³-hybridized carbons (Fsp3) is 0.526. The van der Waals surface area contributed by atoms with Gasteiger partial charge in [-0.25, -0.2) is 14.4 Å². The number of benzene rings is 1. The van der Waals surface area contributed by atoms with E-state index in [-0.39, 0.29) is 16.4 Å². The van der Waals surface area contributed by atoms with Crippen molar-refractivity contribution in [3.63, 3.8) is 0 Å². The molecule has 0 bridgehead atoms. The van der Waals surface area contributed by atoms with E-state index in [9.17, 15) is 19.5 Å². The average Bonchev–Trinajstić information content (AvgIpc) is 2.49. The summed E-state index contributed by atoms with van der Waals surface area (Å²) >= 11 is 0. The van der Waals surface area contributed by atoms with Gasteiger partial charge in [-0.1, -0.05) is 47.6 Å². The van der Waals surface area contributed by atoms with Crippen molar-refractivity contribution in [1.82, 2.24) is 0 Å². The summed E-state index contributed by atoms with van der Waals surface area (Å²) in [5, 5.41) is 27.3. The standard InChI is InChI=1S/C19H26O7/c1-18(2,3)11-7-10(8-12(9-11)19(4,5)6)17(25)26-14(16(23)24)13(20)15(21)22/h7-9,13-14,20H,1-6H3,(H,21,22)(H,23,24)/t13-,14?/m0/s1. The van der Waals surface area contributed by atoms with E-state index in [4.69, 9.17) is 14.9 Å². The SMILES string of the molecule is CC(C)(C)c1cc(C(=O)OC(C(=O)O)[C@H](O)C(=O)O)cc(C(C)(C)C)c1. The normalized spacial score (nSPS) is 14.4. The molecule has 1 aromatic carbocycles. The van der Waals surface area contributed by atoms with Crippen molar-refractivity contribution in [2.75, 3.05) is 0 Å². The minimum atomic E-state index is -2.36. The highest BCUT2D eigenvalue weighted by Crippen LogP contribution is 2.30. The predicted molar refractivity (Wildman–Crippen MR) is 94.3 cm³/mol. The fourth-order valence-corrected chi connectivity index (χ4v) is 2.17. The number of aliphatic hydroxyl groups is 1. The van der Waals surface area contributed by atoms with Crippen molar-refractivity contribution in [2.24, 2.45) is 0 Å². The first-order chi connectivity index (χ1) is 11.6. The Morgan fingerprint density at radius 3 is 1.58 bits per heavy atom. The Morgan fingerprint density at radius 2 is 1.27 bits per heavy atom. The van der Waals surface area contributed by atoms with E-state index in [1.807, 2.05) is 47.6 Å². The zero-order valence-electron chi connectivity index (χ0n) is 15.9. The Labute approximate surface area is 152 Å². The third-order valence-corrected chi connectivity index (χ3v) is 3.92. The molecule has 0 aliphatic rings. The fourth-order valence-electron chi connectivity index (χ4n) is 2.17. The van der Waals surface area contributed by atoms with Crippen molar-refractivity contribution in [3.8, 4) is 0 Å². The average molecular weight is 366 g/mol. The largest absolute Gasteiger partial charge is 0.479 e. The number of carbonyl (C=O) groups excluding carboxylic acids is 1. The Kier molecular flexibility index (Phi) is 6.20. The molecular formula is C19H26O7. The first-order valence-corrected chi connectivity index (χ1v) is 8.15. The molecule has 0 saturated carbocycles. The zero-order chi connectivity index (χ0) is 20.4. The highest BCUT2D eigenvalue weighted by Gasteiger charge is 2.36. The van der Waals surface area contributed by atoms with Gasteiger partial charge in [0.05, 0.1) is 5.56 Å². The van der Waals surface area contributed by atoms with Crippen LogP contribution in [-0.2, 0) is 25.2 Å². The lowest BCUT2D eigenvalue weighted by Gasteiger charge is -2.26. The monoisotopic (exact) mass is 366 g/mol. The van der Waals surface area contributed by atoms with Crippen LogP contribution in [0.2, 0.25) is 0 Å². The van der Waals surface area contributed by atoms with E-state index in [1.165, 1.54) is 0 Å². The maximum Gasteiger partial charge on any atom is 0.348 e. The van der Waals surface area contributed by atoms with E-state index in [0.717, 1.165) is 11.1 Å². The smallest absolute Gasteiger partial charge is 0.348 e. The third kappa shape index (κ3) is 5.29. The summed E-state index contributed by atoms with van der Waals surface area (Å²) in [4.78, 5) is 34.4. The Bertz CT molecular complexity index is 675. The van der Waals surface area contributed by atoms with Crippen LogP contribution in [0.25, 0.3) is 0 Å². The highest BCUT2D eigenvalue weighted by molar-refractivity contribution is 5.93. The van der Waals surface area contributed by atoms with Crippen LogP contribution in [0.3, 0.4) is 0 Å². The number of esters is 1. The van der Waals surface area contributed by atoms with Gasteiger partial charge in [0, 0.05) is 0 Å². The molecule has 0 aliphatic carbocycles. The van der Waals surface area contributed by atoms with Crippen molar-refractivity contribution in [1.29, 1.82) is 0 Å². The van der Waals surface area contributed by atoms with Gasteiger partial charge in [-0.15, -0.1) is 0 Å². The van der Waals surface area contributed by atoms with Crippen LogP contribution in [0.1, 0.15) is 63.0 Å². The van der Waals surface area contributed by atoms with Crippen LogP contribution < -0.4 is 0 Å². The van der Waals surface area contributed by atoms with E-state index >= 15 is 0 Å². The molecule has 0 aliphatic heterocycles. The van der Waals surface area contributed by atoms with E-state index in [0.29, 0.717) is 0 Å². The highest BCUT2D eigenvalue weighted by atomic mass is 16.6. The van der Waals surface area contributed by atoms with Crippen molar-refractivity contribution in [3.05, 3.63) is 34.9 Å². The van der Waals surface area contributed by atoms with Gasteiger partial charge in [0.2, 0.25) is 6.10 Å². The van der Waals surface area contributed by atoms with Crippen LogP contribution in [0.5, 0.6) is 0 Å². The van der Waals surface area contributed by atoms with Gasteiger partial charge >= 0.3 is 17.9 Å². The molecule has 3 N–H and O–H groups in total. The van der Waals surface area contributed by atoms with Crippen molar-refractivity contribution >= 4 is 17.9 Å². The Balaban J connectivity index is 3.34. The van der Waals surface area contributed by atoms with Crippen LogP contribution in [-0.4, -0.2) is 45.4 Å². The molecule has 7 nitrogen and oxygen atoms in total. The number of carboxylic acid groups (broad SMARTS) is 2. The summed E-state index contributed by atoms with van der Waals surface area (Å²) in [5.74, 6) is -4.53. The van der Waals surface area contributed by atoms with Gasteiger partial charge in [-0.3, -0.25) is 0 Å². The number of aliphatic carboxylic acids is 2. The van der Waals surface area contributed by atoms with Crippen LogP contribution in [0, 0.1) is 0 Å². The molecule has 26 heavy (non-hydrogen) atoms. The molecule has 0 amide bonds. The maximum absolute atomic E-state index is 12.5. The summed E-state index contributed by atoms with van der Waals surface area (Å²) in [7, 11) is 0. The number of carbonyl (C=O) groups is 3. The molecule has 7 heteroatoms. The molecule has 0 heterocycles. The Hall–Kier alpha value is -2.41. The van der Waals surface area contributed by atoms with Crippen LogP contribution >= 0.6 is 0 Å². The number of rotatable bonds is 5. The number of hydrogen-bond donors (Lipinski definition) is 3. The molecular weight excluding hydrogens is 340 g/mol. The van der Waals surface area contributed by atoms with Crippen LogP contribution in [0.4, 0.5) is 0 Å². The molecule has 0 spiro atoms. The summed E-state index contributed by atoms with van der Waals surface area (Å²) < 4.78 is 4.79. The topological polar surface area (TPSA) is 121 Å². The van der Waals surface area contributed by atoms with Gasteiger partial charge in [0.15, 0.2) is 6.10 Å². The van der Waals surface area contributed by atoms with Gasteiger partial charge in [-0.05, 0) is 34.1 Å². The summed E-state index contributed by atoms with van der Waals surface area (Å²) in [5.41, 5.74) is 1.25. The second-order valence-corrected chi connectivity index (χ2v) is 8.25. The second kappa shape index (κ2) is 7.45. The van der Waals surface area contributed by atoms with E-state index < -0.39 is 30.1 Å². The summed E-state index contributed by atoms with van der Waals surface area (Å²) in [6.07, 6.45) is -4.55. The van der Waals surface area contributed by atoms with Gasteiger partial charge in [0.1, 0.15) is 0 Å². The minimum absolute atomic E-state index is 0.103. The van der Waals surface area contributed by atoms with Gasteiger partial charge in [-0.2, -0.15) is 0 Å². The quantitative estimate of drug-likeness (QED) is 0.684. The molecule has 0 fully saturated rings. The van der Waals surface area contributed by atoms with Crippen molar-refractivity contribution in [2.45, 2.75) is 64.6 Å². The number of carboxylic acids is 2. The van der Waals surface area contributed by atoms with Crippen LogP contribution in [0.15, 0.2) is 18.2 Å². The summed E-state index contributed by atoms with van der Waals surface area (Å²) in [6.45, 7) is 11.8. The lowest BCUT2D eigenvalue weighted by molar-refractivity contribution is -0.166. The zero-order valence-corrected chi connectivity index (χ0v) is 15.9. The van der Waals surface area contributed by atoms with E-state index in [1.54, 1.807) is 12.1 Å². The first kappa shape index (κ1) is 21.6. The third-order valence-electron chi connectivity index (χ3n) is 3.92. The molecule has 1 rings (SSSR count). The lowest BCUT2D eigenvalue weighted by Crippen LogP contribution is -2.43. The molecule has 2 atom stereocenters. The number of ether oxygens (including phenoxy) is 1.